The van der Waals surface area contributed by atoms with Crippen LogP contribution in [0.4, 0.5) is 5.82 Å². The summed E-state index contributed by atoms with van der Waals surface area (Å²) in [6, 6.07) is 9.72. The summed E-state index contributed by atoms with van der Waals surface area (Å²) in [5.74, 6) is 0.813. The molecule has 1 fully saturated rings. The van der Waals surface area contributed by atoms with Gasteiger partial charge in [0.15, 0.2) is 5.84 Å². The molecule has 1 aliphatic heterocycles. The zero-order valence-electron chi connectivity index (χ0n) is 11.9. The van der Waals surface area contributed by atoms with Gasteiger partial charge in [0, 0.05) is 25.6 Å². The van der Waals surface area contributed by atoms with E-state index in [4.69, 9.17) is 20.7 Å². The Balaban J connectivity index is 2.10. The number of ether oxygens (including phenoxy) is 1. The number of amidine groups is 1. The zero-order chi connectivity index (χ0) is 14.8. The molecule has 0 spiro atoms. The van der Waals surface area contributed by atoms with Crippen LogP contribution < -0.4 is 10.6 Å². The van der Waals surface area contributed by atoms with Crippen LogP contribution in [0.1, 0.15) is 12.0 Å². The molecule has 21 heavy (non-hydrogen) atoms. The first-order valence-electron chi connectivity index (χ1n) is 6.88. The minimum atomic E-state index is 0.0733. The lowest BCUT2D eigenvalue weighted by atomic mass is 10.1. The number of anilines is 1. The lowest BCUT2D eigenvalue weighted by Gasteiger charge is -2.20. The Morgan fingerprint density at radius 3 is 3.00 bits per heavy atom. The van der Waals surface area contributed by atoms with Crippen LogP contribution in [-0.4, -0.2) is 42.3 Å². The number of oxime groups is 1. The molecule has 0 bridgehead atoms. The predicted octanol–water partition coefficient (Wildman–Crippen LogP) is 1.55. The third-order valence-corrected chi connectivity index (χ3v) is 3.87. The number of benzene rings is 1. The van der Waals surface area contributed by atoms with Gasteiger partial charge < -0.3 is 20.6 Å². The summed E-state index contributed by atoms with van der Waals surface area (Å²) in [6.07, 6.45) is 1.14. The van der Waals surface area contributed by atoms with Crippen molar-refractivity contribution >= 4 is 22.6 Å². The van der Waals surface area contributed by atoms with E-state index >= 15 is 0 Å². The highest BCUT2D eigenvalue weighted by atomic mass is 16.5. The highest BCUT2D eigenvalue weighted by Crippen LogP contribution is 2.27. The van der Waals surface area contributed by atoms with Gasteiger partial charge in [0.25, 0.3) is 0 Å². The summed E-state index contributed by atoms with van der Waals surface area (Å²) in [5.41, 5.74) is 7.36. The van der Waals surface area contributed by atoms with Crippen molar-refractivity contribution in [3.8, 4) is 0 Å². The number of methoxy groups -OCH3 is 1. The molecule has 1 aliphatic rings. The fourth-order valence-electron chi connectivity index (χ4n) is 2.70. The first-order chi connectivity index (χ1) is 10.2. The number of rotatable bonds is 3. The Morgan fingerprint density at radius 2 is 2.29 bits per heavy atom. The van der Waals surface area contributed by atoms with Crippen LogP contribution in [0.2, 0.25) is 0 Å². The van der Waals surface area contributed by atoms with Crippen LogP contribution in [0, 0.1) is 0 Å². The Bertz CT molecular complexity index is 686. The van der Waals surface area contributed by atoms with E-state index in [0.29, 0.717) is 5.56 Å². The molecule has 0 aliphatic carbocycles. The molecule has 1 aromatic carbocycles. The number of nitrogens with zero attached hydrogens (tertiary/aromatic N) is 3. The molecule has 6 nitrogen and oxygen atoms in total. The molecule has 110 valence electrons. The number of para-hydroxylation sites is 1. The minimum absolute atomic E-state index is 0.0733. The molecule has 1 saturated heterocycles. The second kappa shape index (κ2) is 5.57. The topological polar surface area (TPSA) is 84.0 Å². The number of fused-ring (bicyclic) bond motifs is 1. The lowest BCUT2D eigenvalue weighted by molar-refractivity contribution is 0.121. The van der Waals surface area contributed by atoms with Crippen molar-refractivity contribution in [3.05, 3.63) is 35.9 Å². The second-order valence-corrected chi connectivity index (χ2v) is 5.13. The standard InChI is InChI=1S/C15H18N4O2/c1-21-11-6-7-19(9-11)15-12(14(16)18-20)8-10-4-2-3-5-13(10)17-15/h2-5,8,11,20H,6-7,9H2,1H3,(H2,16,18). The summed E-state index contributed by atoms with van der Waals surface area (Å²) >= 11 is 0. The summed E-state index contributed by atoms with van der Waals surface area (Å²) in [4.78, 5) is 6.81. The van der Waals surface area contributed by atoms with Gasteiger partial charge in [-0.05, 0) is 18.6 Å². The van der Waals surface area contributed by atoms with E-state index in [-0.39, 0.29) is 11.9 Å². The highest BCUT2D eigenvalue weighted by Gasteiger charge is 2.26. The van der Waals surface area contributed by atoms with E-state index < -0.39 is 0 Å². The van der Waals surface area contributed by atoms with Crippen molar-refractivity contribution in [1.29, 1.82) is 0 Å². The van der Waals surface area contributed by atoms with Crippen LogP contribution in [0.5, 0.6) is 0 Å². The minimum Gasteiger partial charge on any atom is -0.409 e. The van der Waals surface area contributed by atoms with Crippen molar-refractivity contribution in [2.75, 3.05) is 25.1 Å². The van der Waals surface area contributed by atoms with E-state index in [1.165, 1.54) is 0 Å². The quantitative estimate of drug-likeness (QED) is 0.387. The summed E-state index contributed by atoms with van der Waals surface area (Å²) in [7, 11) is 1.71. The van der Waals surface area contributed by atoms with Crippen molar-refractivity contribution in [3.63, 3.8) is 0 Å². The van der Waals surface area contributed by atoms with Crippen molar-refractivity contribution < 1.29 is 9.94 Å². The van der Waals surface area contributed by atoms with Crippen LogP contribution in [0.3, 0.4) is 0 Å². The molecule has 1 atom stereocenters. The average Bonchev–Trinajstić information content (AvgIpc) is 3.01. The first kappa shape index (κ1) is 13.6. The average molecular weight is 286 g/mol. The van der Waals surface area contributed by atoms with Gasteiger partial charge in [-0.2, -0.15) is 0 Å². The molecule has 1 aromatic heterocycles. The predicted molar refractivity (Wildman–Crippen MR) is 81.9 cm³/mol. The number of nitrogens with two attached hydrogens (primary N) is 1. The summed E-state index contributed by atoms with van der Waals surface area (Å²) < 4.78 is 5.40. The first-order valence-corrected chi connectivity index (χ1v) is 6.88. The van der Waals surface area contributed by atoms with E-state index in [1.807, 2.05) is 30.3 Å². The van der Waals surface area contributed by atoms with Crippen molar-refractivity contribution in [2.45, 2.75) is 12.5 Å². The van der Waals surface area contributed by atoms with E-state index in [0.717, 1.165) is 36.2 Å². The monoisotopic (exact) mass is 286 g/mol. The van der Waals surface area contributed by atoms with Gasteiger partial charge in [0.05, 0.1) is 17.2 Å². The maximum Gasteiger partial charge on any atom is 0.173 e. The molecule has 0 radical (unpaired) electrons. The van der Waals surface area contributed by atoms with Gasteiger partial charge in [-0.1, -0.05) is 23.4 Å². The van der Waals surface area contributed by atoms with Crippen LogP contribution in [0.25, 0.3) is 10.9 Å². The molecule has 0 amide bonds. The molecule has 6 heteroatoms. The Morgan fingerprint density at radius 1 is 1.48 bits per heavy atom. The summed E-state index contributed by atoms with van der Waals surface area (Å²) in [6.45, 7) is 1.60. The molecule has 0 saturated carbocycles. The van der Waals surface area contributed by atoms with Gasteiger partial charge in [0.1, 0.15) is 5.82 Å². The zero-order valence-corrected chi connectivity index (χ0v) is 11.9. The normalized spacial score (nSPS) is 19.4. The van der Waals surface area contributed by atoms with Crippen molar-refractivity contribution in [1.82, 2.24) is 4.98 Å². The highest BCUT2D eigenvalue weighted by molar-refractivity contribution is 6.04. The molecule has 2 aromatic rings. The third-order valence-electron chi connectivity index (χ3n) is 3.87. The smallest absolute Gasteiger partial charge is 0.173 e. The van der Waals surface area contributed by atoms with Crippen molar-refractivity contribution in [2.24, 2.45) is 10.9 Å². The van der Waals surface area contributed by atoms with Gasteiger partial charge in [-0.25, -0.2) is 4.98 Å². The SMILES string of the molecule is COC1CCN(c2nc3ccccc3cc2/C(N)=N/O)C1. The second-order valence-electron chi connectivity index (χ2n) is 5.13. The van der Waals surface area contributed by atoms with E-state index in [1.54, 1.807) is 7.11 Å². The van der Waals surface area contributed by atoms with E-state index in [9.17, 15) is 0 Å². The number of hydrogen-bond donors (Lipinski definition) is 2. The number of pyridine rings is 1. The Labute approximate surface area is 122 Å². The fraction of sp³-hybridized carbons (Fsp3) is 0.333. The summed E-state index contributed by atoms with van der Waals surface area (Å²) in [5, 5.41) is 13.1. The molecule has 3 rings (SSSR count). The molecule has 1 unspecified atom stereocenters. The molecular weight excluding hydrogens is 268 g/mol. The fourth-order valence-corrected chi connectivity index (χ4v) is 2.70. The Hall–Kier alpha value is -2.34. The van der Waals surface area contributed by atoms with Crippen LogP contribution in [0.15, 0.2) is 35.5 Å². The molecular formula is C15H18N4O2. The van der Waals surface area contributed by atoms with Gasteiger partial charge in [0.2, 0.25) is 0 Å². The van der Waals surface area contributed by atoms with Crippen LogP contribution in [-0.2, 0) is 4.74 Å². The largest absolute Gasteiger partial charge is 0.409 e. The lowest BCUT2D eigenvalue weighted by Crippen LogP contribution is -2.27. The number of aromatic nitrogens is 1. The number of hydrogen-bond acceptors (Lipinski definition) is 5. The van der Waals surface area contributed by atoms with Crippen LogP contribution >= 0.6 is 0 Å². The van der Waals surface area contributed by atoms with E-state index in [2.05, 4.69) is 10.1 Å². The molecule has 2 heterocycles. The maximum absolute atomic E-state index is 9.02. The molecule has 3 N–H and O–H groups in total. The maximum atomic E-state index is 9.02. The van der Waals surface area contributed by atoms with Gasteiger partial charge >= 0.3 is 0 Å². The third kappa shape index (κ3) is 2.50. The van der Waals surface area contributed by atoms with Gasteiger partial charge in [-0.15, -0.1) is 0 Å². The Kier molecular flexibility index (Phi) is 3.62. The van der Waals surface area contributed by atoms with Gasteiger partial charge in [-0.3, -0.25) is 0 Å².